The van der Waals surface area contributed by atoms with Gasteiger partial charge in [-0.1, -0.05) is 13.8 Å². The van der Waals surface area contributed by atoms with Crippen LogP contribution in [-0.2, 0) is 4.79 Å². The van der Waals surface area contributed by atoms with Crippen LogP contribution >= 0.6 is 22.6 Å². The number of halogens is 3. The van der Waals surface area contributed by atoms with Crippen molar-refractivity contribution >= 4 is 34.2 Å². The third-order valence-corrected chi connectivity index (χ3v) is 2.50. The minimum absolute atomic E-state index is 0.0390. The van der Waals surface area contributed by atoms with Crippen LogP contribution in [0.3, 0.4) is 0 Å². The summed E-state index contributed by atoms with van der Waals surface area (Å²) in [6, 6.07) is 5.95. The van der Waals surface area contributed by atoms with Crippen molar-refractivity contribution in [3.63, 3.8) is 0 Å². The van der Waals surface area contributed by atoms with Gasteiger partial charge in [-0.05, 0) is 24.3 Å². The summed E-state index contributed by atoms with van der Waals surface area (Å²) in [4.78, 5) is 13.2. The van der Waals surface area contributed by atoms with E-state index in [4.69, 9.17) is 0 Å². The lowest BCUT2D eigenvalue weighted by molar-refractivity contribution is -0.121. The molecular formula is C12H14F2INO2. The van der Waals surface area contributed by atoms with Gasteiger partial charge in [0.1, 0.15) is 5.75 Å². The maximum atomic E-state index is 12.6. The lowest BCUT2D eigenvalue weighted by Gasteiger charge is -2.20. The Hall–Kier alpha value is -0.920. The predicted octanol–water partition coefficient (Wildman–Crippen LogP) is 3.67. The number of benzene rings is 1. The molecule has 0 aliphatic heterocycles. The molecule has 3 nitrogen and oxygen atoms in total. The highest BCUT2D eigenvalue weighted by molar-refractivity contribution is 14.1. The SMILES string of the molecule is CC(C)C(=O)N(C)c1ccc(OC(F)(F)I)cc1. The van der Waals surface area contributed by atoms with Crippen LogP contribution in [0.2, 0.25) is 0 Å². The van der Waals surface area contributed by atoms with Gasteiger partial charge >= 0.3 is 4.12 Å². The van der Waals surface area contributed by atoms with E-state index in [0.717, 1.165) is 22.6 Å². The van der Waals surface area contributed by atoms with Gasteiger partial charge in [0.25, 0.3) is 0 Å². The average molecular weight is 369 g/mol. The molecule has 0 unspecified atom stereocenters. The number of ether oxygens (including phenoxy) is 1. The Morgan fingerprint density at radius 2 is 1.83 bits per heavy atom. The molecule has 0 aliphatic carbocycles. The fraction of sp³-hybridized carbons (Fsp3) is 0.417. The van der Waals surface area contributed by atoms with Crippen molar-refractivity contribution in [3.8, 4) is 5.75 Å². The number of rotatable bonds is 4. The molecule has 1 aromatic carbocycles. The third kappa shape index (κ3) is 4.40. The van der Waals surface area contributed by atoms with E-state index >= 15 is 0 Å². The normalized spacial score (nSPS) is 11.5. The van der Waals surface area contributed by atoms with E-state index < -0.39 is 4.12 Å². The van der Waals surface area contributed by atoms with Crippen molar-refractivity contribution < 1.29 is 18.3 Å². The first-order chi connectivity index (χ1) is 8.20. The van der Waals surface area contributed by atoms with Crippen LogP contribution in [0, 0.1) is 5.92 Å². The van der Waals surface area contributed by atoms with Gasteiger partial charge in [0, 0.05) is 18.7 Å². The molecule has 1 aromatic rings. The summed E-state index contributed by atoms with van der Waals surface area (Å²) in [7, 11) is 1.64. The fourth-order valence-electron chi connectivity index (χ4n) is 1.39. The number of amides is 1. The van der Waals surface area contributed by atoms with E-state index in [1.54, 1.807) is 33.0 Å². The minimum Gasteiger partial charge on any atom is -0.425 e. The first-order valence-corrected chi connectivity index (χ1v) is 6.42. The predicted molar refractivity (Wildman–Crippen MR) is 74.3 cm³/mol. The highest BCUT2D eigenvalue weighted by Gasteiger charge is 2.26. The van der Waals surface area contributed by atoms with Crippen molar-refractivity contribution in [2.24, 2.45) is 5.92 Å². The summed E-state index contributed by atoms with van der Waals surface area (Å²) in [5.74, 6) is -0.101. The number of anilines is 1. The van der Waals surface area contributed by atoms with E-state index in [2.05, 4.69) is 4.74 Å². The van der Waals surface area contributed by atoms with Crippen LogP contribution in [-0.4, -0.2) is 17.1 Å². The maximum Gasteiger partial charge on any atom is 0.451 e. The van der Waals surface area contributed by atoms with Crippen LogP contribution in [0.15, 0.2) is 24.3 Å². The molecule has 0 spiro atoms. The molecule has 0 bridgehead atoms. The van der Waals surface area contributed by atoms with Gasteiger partial charge < -0.3 is 9.64 Å². The van der Waals surface area contributed by atoms with Crippen molar-refractivity contribution in [2.45, 2.75) is 18.0 Å². The molecule has 6 heteroatoms. The van der Waals surface area contributed by atoms with Gasteiger partial charge in [0.15, 0.2) is 0 Å². The average Bonchev–Trinajstić information content (AvgIpc) is 2.26. The second kappa shape index (κ2) is 5.81. The van der Waals surface area contributed by atoms with Crippen LogP contribution in [0.25, 0.3) is 0 Å². The van der Waals surface area contributed by atoms with E-state index in [1.807, 2.05) is 0 Å². The van der Waals surface area contributed by atoms with Crippen molar-refractivity contribution in [2.75, 3.05) is 11.9 Å². The lowest BCUT2D eigenvalue weighted by atomic mass is 10.2. The molecule has 0 saturated heterocycles. The van der Waals surface area contributed by atoms with E-state index in [9.17, 15) is 13.6 Å². The summed E-state index contributed by atoms with van der Waals surface area (Å²) in [6.07, 6.45) is 0. The van der Waals surface area contributed by atoms with E-state index in [1.165, 1.54) is 17.0 Å². The second-order valence-corrected chi connectivity index (χ2v) is 5.35. The van der Waals surface area contributed by atoms with Gasteiger partial charge in [-0.3, -0.25) is 4.79 Å². The minimum atomic E-state index is -3.24. The van der Waals surface area contributed by atoms with Crippen molar-refractivity contribution in [1.29, 1.82) is 0 Å². The molecule has 1 rings (SSSR count). The zero-order valence-electron chi connectivity index (χ0n) is 10.3. The Morgan fingerprint density at radius 1 is 1.33 bits per heavy atom. The molecule has 0 aromatic heterocycles. The standard InChI is InChI=1S/C12H14F2INO2/c1-8(2)11(17)16(3)9-4-6-10(7-5-9)18-12(13,14)15/h4-8H,1-3H3. The molecule has 0 aliphatic rings. The molecule has 100 valence electrons. The Bertz CT molecular complexity index is 415. The zero-order chi connectivity index (χ0) is 13.9. The number of nitrogens with zero attached hydrogens (tertiary/aromatic N) is 1. The molecule has 0 radical (unpaired) electrons. The Kier molecular flexibility index (Phi) is 4.89. The third-order valence-electron chi connectivity index (χ3n) is 2.28. The molecule has 0 fully saturated rings. The topological polar surface area (TPSA) is 29.5 Å². The maximum absolute atomic E-state index is 12.6. The first-order valence-electron chi connectivity index (χ1n) is 5.34. The molecule has 0 saturated carbocycles. The summed E-state index contributed by atoms with van der Waals surface area (Å²) < 4.78 is 26.4. The number of carbonyl (C=O) groups is 1. The molecular weight excluding hydrogens is 355 g/mol. The van der Waals surface area contributed by atoms with Crippen LogP contribution < -0.4 is 9.64 Å². The number of carbonyl (C=O) groups excluding carboxylic acids is 1. The van der Waals surface area contributed by atoms with Gasteiger partial charge in [-0.25, -0.2) is 0 Å². The summed E-state index contributed by atoms with van der Waals surface area (Å²) in [6.45, 7) is 3.60. The highest BCUT2D eigenvalue weighted by Crippen LogP contribution is 2.28. The zero-order valence-corrected chi connectivity index (χ0v) is 12.4. The molecule has 0 atom stereocenters. The summed E-state index contributed by atoms with van der Waals surface area (Å²) >= 11 is 0.901. The molecule has 18 heavy (non-hydrogen) atoms. The number of hydrogen-bond acceptors (Lipinski definition) is 2. The summed E-state index contributed by atoms with van der Waals surface area (Å²) in [5, 5.41) is 0. The molecule has 0 N–H and O–H groups in total. The van der Waals surface area contributed by atoms with Gasteiger partial charge in [-0.2, -0.15) is 8.78 Å². The van der Waals surface area contributed by atoms with E-state index in [-0.39, 0.29) is 17.6 Å². The van der Waals surface area contributed by atoms with Crippen LogP contribution in [0.5, 0.6) is 5.75 Å². The Morgan fingerprint density at radius 3 is 2.22 bits per heavy atom. The van der Waals surface area contributed by atoms with Gasteiger partial charge in [-0.15, -0.1) is 0 Å². The molecule has 0 heterocycles. The van der Waals surface area contributed by atoms with Crippen molar-refractivity contribution in [3.05, 3.63) is 24.3 Å². The Labute approximate surface area is 118 Å². The van der Waals surface area contributed by atoms with Gasteiger partial charge in [0.05, 0.1) is 22.6 Å². The summed E-state index contributed by atoms with van der Waals surface area (Å²) in [5.41, 5.74) is 0.637. The quantitative estimate of drug-likeness (QED) is 0.599. The Balaban J connectivity index is 2.80. The smallest absolute Gasteiger partial charge is 0.425 e. The first kappa shape index (κ1) is 15.1. The van der Waals surface area contributed by atoms with Crippen LogP contribution in [0.4, 0.5) is 14.5 Å². The highest BCUT2D eigenvalue weighted by atomic mass is 127. The van der Waals surface area contributed by atoms with Crippen molar-refractivity contribution in [1.82, 2.24) is 0 Å². The van der Waals surface area contributed by atoms with Gasteiger partial charge in [0.2, 0.25) is 5.91 Å². The number of hydrogen-bond donors (Lipinski definition) is 0. The van der Waals surface area contributed by atoms with Crippen LogP contribution in [0.1, 0.15) is 13.8 Å². The lowest BCUT2D eigenvalue weighted by Crippen LogP contribution is -2.30. The second-order valence-electron chi connectivity index (χ2n) is 4.09. The largest absolute Gasteiger partial charge is 0.451 e. The van der Waals surface area contributed by atoms with E-state index in [0.29, 0.717) is 5.69 Å². The monoisotopic (exact) mass is 369 g/mol. The molecule has 1 amide bonds. The number of alkyl halides is 3. The fourth-order valence-corrected chi connectivity index (χ4v) is 1.64.